The van der Waals surface area contributed by atoms with E-state index in [-0.39, 0.29) is 0 Å². The van der Waals surface area contributed by atoms with Crippen LogP contribution in [0.2, 0.25) is 0 Å². The topological polar surface area (TPSA) is 9.23 Å². The molecule has 0 aliphatic heterocycles. The van der Waals surface area contributed by atoms with Crippen LogP contribution in [0.1, 0.15) is 83.6 Å². The highest BCUT2D eigenvalue weighted by Gasteiger charge is 2.57. The second-order valence-corrected chi connectivity index (χ2v) is 10.9. The van der Waals surface area contributed by atoms with Gasteiger partial charge in [-0.05, 0) is 97.9 Å². The molecule has 1 unspecified atom stereocenters. The van der Waals surface area contributed by atoms with Crippen molar-refractivity contribution >= 4 is 0 Å². The van der Waals surface area contributed by atoms with Crippen LogP contribution in [0.3, 0.4) is 0 Å². The number of fused-ring (bicyclic) bond motifs is 5. The van der Waals surface area contributed by atoms with E-state index in [0.29, 0.717) is 16.9 Å². The summed E-state index contributed by atoms with van der Waals surface area (Å²) in [5.74, 6) is 3.98. The van der Waals surface area contributed by atoms with Crippen LogP contribution < -0.4 is 0 Å². The quantitative estimate of drug-likeness (QED) is 0.559. The van der Waals surface area contributed by atoms with Gasteiger partial charge >= 0.3 is 0 Å². The molecule has 0 amide bonds. The maximum Gasteiger partial charge on any atom is 0.0720 e. The lowest BCUT2D eigenvalue weighted by atomic mass is 9.45. The fourth-order valence-electron chi connectivity index (χ4n) is 8.15. The minimum atomic E-state index is 0.486. The third-order valence-corrected chi connectivity index (χ3v) is 9.73. The molecule has 0 heterocycles. The monoisotopic (exact) mass is 366 g/mol. The van der Waals surface area contributed by atoms with Crippen molar-refractivity contribution in [3.8, 4) is 0 Å². The average Bonchev–Trinajstić information content (AvgIpc) is 3.09. The molecule has 1 aromatic rings. The highest BCUT2D eigenvalue weighted by Crippen LogP contribution is 2.66. The number of hydrogen-bond donors (Lipinski definition) is 0. The molecule has 148 valence electrons. The molecule has 0 N–H and O–H groups in total. The van der Waals surface area contributed by atoms with Gasteiger partial charge < -0.3 is 4.74 Å². The van der Waals surface area contributed by atoms with Gasteiger partial charge in [0, 0.05) is 0 Å². The van der Waals surface area contributed by atoms with E-state index in [4.69, 9.17) is 4.74 Å². The van der Waals surface area contributed by atoms with Gasteiger partial charge in [0.1, 0.15) is 0 Å². The van der Waals surface area contributed by atoms with Crippen molar-refractivity contribution < 1.29 is 4.74 Å². The fourth-order valence-corrected chi connectivity index (χ4v) is 8.15. The van der Waals surface area contributed by atoms with E-state index in [9.17, 15) is 0 Å². The van der Waals surface area contributed by atoms with Crippen LogP contribution in [0.15, 0.2) is 30.3 Å². The Kier molecular flexibility index (Phi) is 4.66. The number of benzene rings is 1. The third-order valence-electron chi connectivity index (χ3n) is 9.73. The second-order valence-electron chi connectivity index (χ2n) is 10.9. The highest BCUT2D eigenvalue weighted by atomic mass is 16.5. The molecule has 0 bridgehead atoms. The van der Waals surface area contributed by atoms with Gasteiger partial charge in [-0.25, -0.2) is 0 Å². The van der Waals surface area contributed by atoms with Crippen LogP contribution in [0, 0.1) is 34.5 Å². The van der Waals surface area contributed by atoms with Crippen molar-refractivity contribution in [2.75, 3.05) is 0 Å². The van der Waals surface area contributed by atoms with E-state index in [0.717, 1.165) is 30.3 Å². The molecular formula is C26H38O. The SMILES string of the molecule is C[C@@]12CCC[C@H]1[C@@H]1CC[C@H]3CC(OCc4ccccc4)CC[C@]3(C)[C@H]1CC2. The Morgan fingerprint density at radius 3 is 2.59 bits per heavy atom. The second kappa shape index (κ2) is 6.90. The molecule has 1 heteroatoms. The smallest absolute Gasteiger partial charge is 0.0720 e. The lowest BCUT2D eigenvalue weighted by Gasteiger charge is -2.60. The summed E-state index contributed by atoms with van der Waals surface area (Å²) in [6, 6.07) is 10.7. The van der Waals surface area contributed by atoms with Crippen LogP contribution in [-0.2, 0) is 11.3 Å². The molecule has 1 aromatic carbocycles. The van der Waals surface area contributed by atoms with Gasteiger partial charge in [0.05, 0.1) is 12.7 Å². The zero-order chi connectivity index (χ0) is 18.5. The summed E-state index contributed by atoms with van der Waals surface area (Å²) in [7, 11) is 0. The van der Waals surface area contributed by atoms with Crippen molar-refractivity contribution in [2.24, 2.45) is 34.5 Å². The van der Waals surface area contributed by atoms with Gasteiger partial charge in [-0.3, -0.25) is 0 Å². The first-order valence-electron chi connectivity index (χ1n) is 11.7. The summed E-state index contributed by atoms with van der Waals surface area (Å²) in [4.78, 5) is 0. The molecule has 1 nitrogen and oxygen atoms in total. The van der Waals surface area contributed by atoms with Gasteiger partial charge in [-0.2, -0.15) is 0 Å². The molecule has 4 saturated carbocycles. The van der Waals surface area contributed by atoms with Crippen molar-refractivity contribution in [2.45, 2.75) is 90.8 Å². The Labute approximate surface area is 166 Å². The largest absolute Gasteiger partial charge is 0.374 e. The number of ether oxygens (including phenoxy) is 1. The Morgan fingerprint density at radius 2 is 1.74 bits per heavy atom. The molecule has 0 radical (unpaired) electrons. The number of hydrogen-bond acceptors (Lipinski definition) is 1. The first-order valence-corrected chi connectivity index (χ1v) is 11.7. The highest BCUT2D eigenvalue weighted by molar-refractivity contribution is 5.13. The Balaban J connectivity index is 1.25. The van der Waals surface area contributed by atoms with E-state index >= 15 is 0 Å². The molecule has 0 aromatic heterocycles. The molecule has 5 rings (SSSR count). The van der Waals surface area contributed by atoms with E-state index in [1.54, 1.807) is 0 Å². The first-order chi connectivity index (χ1) is 13.1. The summed E-state index contributed by atoms with van der Waals surface area (Å²) in [5.41, 5.74) is 2.61. The first kappa shape index (κ1) is 18.2. The molecule has 4 aliphatic rings. The standard InChI is InChI=1S/C26H38O/c1-25-14-6-9-23(25)22-11-10-20-17-21(27-18-19-7-4-3-5-8-19)12-16-26(20,2)24(22)13-15-25/h3-5,7-8,20-24H,6,9-18H2,1-2H3/t20-,21?,22-,23-,24-,25-,26-/m0/s1. The normalized spacial score (nSPS) is 46.4. The van der Waals surface area contributed by atoms with E-state index < -0.39 is 0 Å². The zero-order valence-corrected chi connectivity index (χ0v) is 17.5. The lowest BCUT2D eigenvalue weighted by molar-refractivity contribution is -0.131. The molecule has 7 atom stereocenters. The van der Waals surface area contributed by atoms with Crippen molar-refractivity contribution in [1.29, 1.82) is 0 Å². The Hall–Kier alpha value is -0.820. The molecule has 0 saturated heterocycles. The van der Waals surface area contributed by atoms with E-state index in [1.165, 1.54) is 69.8 Å². The fraction of sp³-hybridized carbons (Fsp3) is 0.769. The Bertz CT molecular complexity index is 653. The summed E-state index contributed by atoms with van der Waals surface area (Å²) in [6.07, 6.45) is 15.0. The van der Waals surface area contributed by atoms with Gasteiger partial charge in [-0.15, -0.1) is 0 Å². The van der Waals surface area contributed by atoms with E-state index in [2.05, 4.69) is 44.2 Å². The minimum Gasteiger partial charge on any atom is -0.374 e. The molecular weight excluding hydrogens is 328 g/mol. The zero-order valence-electron chi connectivity index (χ0n) is 17.5. The van der Waals surface area contributed by atoms with Crippen LogP contribution >= 0.6 is 0 Å². The number of rotatable bonds is 3. The summed E-state index contributed by atoms with van der Waals surface area (Å²) in [5, 5.41) is 0. The molecule has 0 spiro atoms. The minimum absolute atomic E-state index is 0.486. The molecule has 4 fully saturated rings. The lowest BCUT2D eigenvalue weighted by Crippen LogP contribution is -2.53. The van der Waals surface area contributed by atoms with Crippen molar-refractivity contribution in [1.82, 2.24) is 0 Å². The van der Waals surface area contributed by atoms with Crippen LogP contribution in [-0.4, -0.2) is 6.10 Å². The summed E-state index contributed by atoms with van der Waals surface area (Å²) in [6.45, 7) is 6.10. The Morgan fingerprint density at radius 1 is 0.889 bits per heavy atom. The molecule has 4 aliphatic carbocycles. The van der Waals surface area contributed by atoms with Gasteiger partial charge in [0.2, 0.25) is 0 Å². The van der Waals surface area contributed by atoms with Crippen molar-refractivity contribution in [3.63, 3.8) is 0 Å². The third kappa shape index (κ3) is 3.09. The summed E-state index contributed by atoms with van der Waals surface area (Å²) < 4.78 is 6.38. The molecule has 27 heavy (non-hydrogen) atoms. The van der Waals surface area contributed by atoms with Crippen LogP contribution in [0.5, 0.6) is 0 Å². The van der Waals surface area contributed by atoms with Crippen LogP contribution in [0.25, 0.3) is 0 Å². The maximum atomic E-state index is 6.38. The average molecular weight is 367 g/mol. The van der Waals surface area contributed by atoms with E-state index in [1.807, 2.05) is 0 Å². The van der Waals surface area contributed by atoms with Gasteiger partial charge in [0.25, 0.3) is 0 Å². The van der Waals surface area contributed by atoms with Gasteiger partial charge in [-0.1, -0.05) is 50.6 Å². The summed E-state index contributed by atoms with van der Waals surface area (Å²) >= 11 is 0. The van der Waals surface area contributed by atoms with Crippen molar-refractivity contribution in [3.05, 3.63) is 35.9 Å². The van der Waals surface area contributed by atoms with Gasteiger partial charge in [0.15, 0.2) is 0 Å². The van der Waals surface area contributed by atoms with Crippen LogP contribution in [0.4, 0.5) is 0 Å². The predicted molar refractivity (Wildman–Crippen MR) is 111 cm³/mol. The predicted octanol–water partition coefficient (Wildman–Crippen LogP) is 7.00. The maximum absolute atomic E-state index is 6.38.